The fraction of sp³-hybridized carbons (Fsp3) is 0.367. The Kier molecular flexibility index (Phi) is 19.3. The molecule has 0 unspecified atom stereocenters. The summed E-state index contributed by atoms with van der Waals surface area (Å²) in [6, 6.07) is 13.2. The van der Waals surface area contributed by atoms with E-state index in [0.29, 0.717) is 0 Å². The predicted octanol–water partition coefficient (Wildman–Crippen LogP) is 8.81. The van der Waals surface area contributed by atoms with Crippen molar-refractivity contribution in [3.05, 3.63) is 95.5 Å². The zero-order valence-corrected chi connectivity index (χ0v) is 22.1. The van der Waals surface area contributed by atoms with E-state index in [1.807, 2.05) is 46.9 Å². The highest BCUT2D eigenvalue weighted by molar-refractivity contribution is 6.10. The molecule has 0 fully saturated rings. The van der Waals surface area contributed by atoms with Gasteiger partial charge in [0.05, 0.1) is 0 Å². The summed E-state index contributed by atoms with van der Waals surface area (Å²) >= 11 is 0. The van der Waals surface area contributed by atoms with Crippen molar-refractivity contribution in [2.75, 3.05) is 7.05 Å². The average Bonchev–Trinajstić information content (AvgIpc) is 2.80. The first kappa shape index (κ1) is 32.2. The second-order valence-electron chi connectivity index (χ2n) is 7.33. The van der Waals surface area contributed by atoms with Crippen molar-refractivity contribution in [2.45, 2.75) is 67.7 Å². The fourth-order valence-corrected chi connectivity index (χ4v) is 2.67. The van der Waals surface area contributed by atoms with Gasteiger partial charge in [0, 0.05) is 19.0 Å². The Morgan fingerprint density at radius 2 is 1.70 bits per heavy atom. The van der Waals surface area contributed by atoms with E-state index >= 15 is 0 Å². The second kappa shape index (κ2) is 19.7. The number of nitrogens with zero attached hydrogens (tertiary/aromatic N) is 1. The summed E-state index contributed by atoms with van der Waals surface area (Å²) in [6.45, 7) is 21.6. The normalized spacial score (nSPS) is 10.2. The van der Waals surface area contributed by atoms with Crippen LogP contribution in [0.1, 0.15) is 76.6 Å². The highest BCUT2D eigenvalue weighted by Gasteiger charge is 2.03. The van der Waals surface area contributed by atoms with E-state index in [1.54, 1.807) is 19.2 Å². The molecule has 0 saturated carbocycles. The Balaban J connectivity index is 0. The van der Waals surface area contributed by atoms with Gasteiger partial charge in [0.1, 0.15) is 5.82 Å². The standard InChI is InChI=1S/C15H19N.C9H11F.C4H9N.C2H6/c1-6-13(10-16-5)15-8-7-14(11(2)3)9-12(15)4;1-2-4-8-5-3-6-9(10)7-8;1-3-4(2)5;1-2/h6-10H,2H2,1,3-5H3;3,5-7H,2,4H2,1H3;2-3,5H2,1H3;1-2H3/b13-6+,16-10?;;;. The van der Waals surface area contributed by atoms with Gasteiger partial charge in [0.15, 0.2) is 0 Å². The molecule has 2 aromatic rings. The van der Waals surface area contributed by atoms with E-state index < -0.39 is 0 Å². The maximum atomic E-state index is 12.5. The molecule has 2 nitrogen and oxygen atoms in total. The lowest BCUT2D eigenvalue weighted by molar-refractivity contribution is 0.625. The van der Waals surface area contributed by atoms with Crippen molar-refractivity contribution in [3.8, 4) is 0 Å². The van der Waals surface area contributed by atoms with Gasteiger partial charge in [-0.3, -0.25) is 4.99 Å². The maximum Gasteiger partial charge on any atom is 0.123 e. The van der Waals surface area contributed by atoms with Gasteiger partial charge < -0.3 is 5.73 Å². The number of hydrogen-bond acceptors (Lipinski definition) is 2. The summed E-state index contributed by atoms with van der Waals surface area (Å²) in [4.78, 5) is 4.07. The van der Waals surface area contributed by atoms with Crippen LogP contribution in [0.15, 0.2) is 72.4 Å². The van der Waals surface area contributed by atoms with Gasteiger partial charge in [-0.2, -0.15) is 0 Å². The summed E-state index contributed by atoms with van der Waals surface area (Å²) in [7, 11) is 1.79. The van der Waals surface area contributed by atoms with Crippen LogP contribution in [0.2, 0.25) is 0 Å². The first-order valence-corrected chi connectivity index (χ1v) is 11.7. The first-order valence-electron chi connectivity index (χ1n) is 11.7. The van der Waals surface area contributed by atoms with Gasteiger partial charge in [0.2, 0.25) is 0 Å². The van der Waals surface area contributed by atoms with Crippen LogP contribution in [0.4, 0.5) is 4.39 Å². The third-order valence-electron chi connectivity index (χ3n) is 4.49. The molecule has 0 aliphatic carbocycles. The summed E-state index contributed by atoms with van der Waals surface area (Å²) < 4.78 is 12.5. The lowest BCUT2D eigenvalue weighted by atomic mass is 9.97. The minimum atomic E-state index is -0.133. The topological polar surface area (TPSA) is 38.4 Å². The highest BCUT2D eigenvalue weighted by Crippen LogP contribution is 2.21. The molecule has 0 saturated heterocycles. The largest absolute Gasteiger partial charge is 0.403 e. The van der Waals surface area contributed by atoms with Gasteiger partial charge in [-0.25, -0.2) is 4.39 Å². The van der Waals surface area contributed by atoms with Gasteiger partial charge in [0.25, 0.3) is 0 Å². The van der Waals surface area contributed by atoms with Crippen LogP contribution in [-0.4, -0.2) is 13.3 Å². The van der Waals surface area contributed by atoms with Crippen molar-refractivity contribution in [1.82, 2.24) is 0 Å². The van der Waals surface area contributed by atoms with Crippen LogP contribution in [-0.2, 0) is 6.42 Å². The number of aliphatic imine (C=N–C) groups is 1. The zero-order chi connectivity index (χ0) is 25.8. The van der Waals surface area contributed by atoms with Crippen molar-refractivity contribution >= 4 is 17.4 Å². The van der Waals surface area contributed by atoms with E-state index in [-0.39, 0.29) is 5.82 Å². The molecule has 0 spiro atoms. The van der Waals surface area contributed by atoms with Crippen molar-refractivity contribution in [3.63, 3.8) is 0 Å². The van der Waals surface area contributed by atoms with Gasteiger partial charge in [-0.15, -0.1) is 0 Å². The minimum Gasteiger partial charge on any atom is -0.403 e. The molecule has 3 heteroatoms. The fourth-order valence-electron chi connectivity index (χ4n) is 2.67. The average molecular weight is 453 g/mol. The second-order valence-corrected chi connectivity index (χ2v) is 7.33. The zero-order valence-electron chi connectivity index (χ0n) is 22.1. The summed E-state index contributed by atoms with van der Waals surface area (Å²) in [6.07, 6.45) is 6.90. The van der Waals surface area contributed by atoms with Gasteiger partial charge >= 0.3 is 0 Å². The maximum absolute atomic E-state index is 12.5. The molecule has 0 heterocycles. The molecular formula is C30H45FN2. The first-order chi connectivity index (χ1) is 15.7. The molecule has 0 aliphatic rings. The smallest absolute Gasteiger partial charge is 0.123 e. The van der Waals surface area contributed by atoms with Crippen LogP contribution in [0.5, 0.6) is 0 Å². The lowest BCUT2D eigenvalue weighted by Gasteiger charge is -2.09. The molecule has 2 N–H and O–H groups in total. The summed E-state index contributed by atoms with van der Waals surface area (Å²) in [5, 5.41) is 0. The van der Waals surface area contributed by atoms with E-state index in [0.717, 1.165) is 41.7 Å². The predicted molar refractivity (Wildman–Crippen MR) is 149 cm³/mol. The lowest BCUT2D eigenvalue weighted by Crippen LogP contribution is -1.92. The van der Waals surface area contributed by atoms with Gasteiger partial charge in [-0.05, 0) is 73.6 Å². The number of hydrogen-bond donors (Lipinski definition) is 1. The quantitative estimate of drug-likeness (QED) is 0.437. The van der Waals surface area contributed by atoms with E-state index in [4.69, 9.17) is 5.73 Å². The van der Waals surface area contributed by atoms with E-state index in [1.165, 1.54) is 22.8 Å². The van der Waals surface area contributed by atoms with Gasteiger partial charge in [-0.1, -0.05) is 89.3 Å². The third kappa shape index (κ3) is 14.7. The number of allylic oxidation sites excluding steroid dienone is 4. The number of benzene rings is 2. The third-order valence-corrected chi connectivity index (χ3v) is 4.49. The minimum absolute atomic E-state index is 0.133. The van der Waals surface area contributed by atoms with Crippen molar-refractivity contribution < 1.29 is 4.39 Å². The molecule has 2 rings (SSSR count). The molecule has 0 aromatic heterocycles. The molecule has 0 radical (unpaired) electrons. The Morgan fingerprint density at radius 1 is 1.09 bits per heavy atom. The number of aryl methyl sites for hydroxylation is 2. The van der Waals surface area contributed by atoms with Crippen LogP contribution in [0.25, 0.3) is 11.1 Å². The number of nitrogens with two attached hydrogens (primary N) is 1. The number of halogens is 1. The van der Waals surface area contributed by atoms with Crippen LogP contribution < -0.4 is 5.73 Å². The Bertz CT molecular complexity index is 892. The Labute approximate surface area is 202 Å². The van der Waals surface area contributed by atoms with Crippen molar-refractivity contribution in [1.29, 1.82) is 0 Å². The monoisotopic (exact) mass is 452 g/mol. The molecular weight excluding hydrogens is 407 g/mol. The van der Waals surface area contributed by atoms with Crippen LogP contribution >= 0.6 is 0 Å². The molecule has 182 valence electrons. The van der Waals surface area contributed by atoms with Crippen molar-refractivity contribution in [2.24, 2.45) is 10.7 Å². The Morgan fingerprint density at radius 3 is 2.09 bits per heavy atom. The molecule has 0 atom stereocenters. The Hall–Kier alpha value is -2.94. The SMILES string of the molecule is C=C(C)c1ccc(/C(C=NC)=C/C)c(C)c1.C=C(N)CC.CC.CCCc1cccc(F)c1. The molecule has 0 aliphatic heterocycles. The summed E-state index contributed by atoms with van der Waals surface area (Å²) in [5.41, 5.74) is 12.9. The highest BCUT2D eigenvalue weighted by atomic mass is 19.1. The number of rotatable bonds is 6. The van der Waals surface area contributed by atoms with Crippen LogP contribution in [0, 0.1) is 12.7 Å². The molecule has 0 bridgehead atoms. The molecule has 33 heavy (non-hydrogen) atoms. The van der Waals surface area contributed by atoms with E-state index in [2.05, 4.69) is 56.3 Å². The summed E-state index contributed by atoms with van der Waals surface area (Å²) in [5.74, 6) is -0.133. The molecule has 2 aromatic carbocycles. The van der Waals surface area contributed by atoms with E-state index in [9.17, 15) is 4.39 Å². The molecule has 0 amide bonds. The van der Waals surface area contributed by atoms with Crippen LogP contribution in [0.3, 0.4) is 0 Å².